The maximum atomic E-state index is 12.5. The second-order valence-corrected chi connectivity index (χ2v) is 7.78. The second-order valence-electron chi connectivity index (χ2n) is 6.72. The van der Waals surface area contributed by atoms with Crippen LogP contribution in [-0.2, 0) is 16.1 Å². The number of likely N-dealkylation sites (N-methyl/N-ethyl adjacent to an activating group) is 2. The minimum Gasteiger partial charge on any atom is -0.467 e. The lowest BCUT2D eigenvalue weighted by atomic mass is 10.3. The fourth-order valence-electron chi connectivity index (χ4n) is 2.69. The smallest absolute Gasteiger partial charge is 0.239 e. The molecule has 1 aromatic carbocycles. The zero-order chi connectivity index (χ0) is 20.1. The van der Waals surface area contributed by atoms with Crippen molar-refractivity contribution in [2.45, 2.75) is 19.5 Å². The Morgan fingerprint density at radius 2 is 1.96 bits per heavy atom. The summed E-state index contributed by atoms with van der Waals surface area (Å²) in [5, 5.41) is 3.71. The summed E-state index contributed by atoms with van der Waals surface area (Å²) in [6, 6.07) is 11.5. The van der Waals surface area contributed by atoms with E-state index in [-0.39, 0.29) is 30.9 Å². The van der Waals surface area contributed by atoms with E-state index in [2.05, 4.69) is 10.3 Å². The largest absolute Gasteiger partial charge is 0.467 e. The molecule has 2 heterocycles. The van der Waals surface area contributed by atoms with Gasteiger partial charge in [-0.25, -0.2) is 4.98 Å². The van der Waals surface area contributed by atoms with E-state index in [1.807, 2.05) is 43.1 Å². The summed E-state index contributed by atoms with van der Waals surface area (Å²) >= 11 is 1.63. The number of thiazole rings is 1. The maximum Gasteiger partial charge on any atom is 0.239 e. The van der Waals surface area contributed by atoms with Crippen molar-refractivity contribution in [2.75, 3.05) is 27.2 Å². The number of hydrogen-bond donors (Lipinski definition) is 1. The average Bonchev–Trinajstić information content (AvgIpc) is 3.34. The van der Waals surface area contributed by atoms with Crippen LogP contribution in [0.4, 0.5) is 0 Å². The van der Waals surface area contributed by atoms with Crippen LogP contribution in [-0.4, -0.2) is 53.8 Å². The normalized spacial score (nSPS) is 12.3. The van der Waals surface area contributed by atoms with Gasteiger partial charge in [-0.3, -0.25) is 14.5 Å². The topological polar surface area (TPSA) is 78.7 Å². The molecule has 0 bridgehead atoms. The van der Waals surface area contributed by atoms with Crippen LogP contribution in [0.2, 0.25) is 0 Å². The van der Waals surface area contributed by atoms with E-state index in [1.165, 1.54) is 4.90 Å². The van der Waals surface area contributed by atoms with Gasteiger partial charge < -0.3 is 14.6 Å². The SMILES string of the molecule is C[C@H](c1nc2ccccc2s1)N(C)CC(=O)N(C)CC(=O)NCc1ccco1. The zero-order valence-corrected chi connectivity index (χ0v) is 17.0. The molecule has 0 aliphatic carbocycles. The molecule has 0 aliphatic heterocycles. The molecule has 0 aliphatic rings. The Balaban J connectivity index is 1.50. The number of furan rings is 1. The van der Waals surface area contributed by atoms with Gasteiger partial charge in [0.15, 0.2) is 0 Å². The highest BCUT2D eigenvalue weighted by Gasteiger charge is 2.21. The summed E-state index contributed by atoms with van der Waals surface area (Å²) in [7, 11) is 3.52. The van der Waals surface area contributed by atoms with Crippen molar-refractivity contribution in [2.24, 2.45) is 0 Å². The van der Waals surface area contributed by atoms with E-state index in [4.69, 9.17) is 4.42 Å². The van der Waals surface area contributed by atoms with Crippen LogP contribution in [0.15, 0.2) is 47.1 Å². The first-order valence-corrected chi connectivity index (χ1v) is 9.84. The first-order valence-electron chi connectivity index (χ1n) is 9.03. The van der Waals surface area contributed by atoms with Gasteiger partial charge in [0.2, 0.25) is 11.8 Å². The first kappa shape index (κ1) is 20.0. The number of carbonyl (C=O) groups excluding carboxylic acids is 2. The third-order valence-electron chi connectivity index (χ3n) is 4.56. The number of carbonyl (C=O) groups is 2. The minimum absolute atomic E-state index is 0.00234. The van der Waals surface area contributed by atoms with E-state index in [0.717, 1.165) is 15.2 Å². The molecule has 3 aromatic rings. The fraction of sp³-hybridized carbons (Fsp3) is 0.350. The maximum absolute atomic E-state index is 12.5. The molecule has 2 aromatic heterocycles. The fourth-order valence-corrected chi connectivity index (χ4v) is 3.77. The molecule has 0 unspecified atom stereocenters. The van der Waals surface area contributed by atoms with Crippen LogP contribution in [0, 0.1) is 0 Å². The monoisotopic (exact) mass is 400 g/mol. The molecule has 148 valence electrons. The average molecular weight is 401 g/mol. The Morgan fingerprint density at radius 3 is 2.68 bits per heavy atom. The number of para-hydroxylation sites is 1. The van der Waals surface area contributed by atoms with Crippen LogP contribution in [0.1, 0.15) is 23.7 Å². The summed E-state index contributed by atoms with van der Waals surface area (Å²) < 4.78 is 6.31. The highest BCUT2D eigenvalue weighted by molar-refractivity contribution is 7.18. The van der Waals surface area contributed by atoms with Crippen LogP contribution in [0.5, 0.6) is 0 Å². The van der Waals surface area contributed by atoms with Crippen LogP contribution < -0.4 is 5.32 Å². The van der Waals surface area contributed by atoms with Crippen molar-refractivity contribution in [1.29, 1.82) is 0 Å². The molecule has 0 spiro atoms. The van der Waals surface area contributed by atoms with E-state index in [0.29, 0.717) is 12.3 Å². The van der Waals surface area contributed by atoms with Crippen molar-refractivity contribution in [1.82, 2.24) is 20.1 Å². The van der Waals surface area contributed by atoms with Gasteiger partial charge in [-0.2, -0.15) is 0 Å². The molecule has 2 amide bonds. The number of nitrogens with one attached hydrogen (secondary N) is 1. The lowest BCUT2D eigenvalue weighted by Gasteiger charge is -2.25. The Hall–Kier alpha value is -2.71. The van der Waals surface area contributed by atoms with E-state index in [9.17, 15) is 9.59 Å². The number of rotatable bonds is 8. The number of fused-ring (bicyclic) bond motifs is 1. The van der Waals surface area contributed by atoms with Crippen LogP contribution >= 0.6 is 11.3 Å². The van der Waals surface area contributed by atoms with Crippen LogP contribution in [0.3, 0.4) is 0 Å². The molecule has 1 N–H and O–H groups in total. The zero-order valence-electron chi connectivity index (χ0n) is 16.2. The lowest BCUT2D eigenvalue weighted by Crippen LogP contribution is -2.42. The van der Waals surface area contributed by atoms with E-state index < -0.39 is 0 Å². The van der Waals surface area contributed by atoms with Gasteiger partial charge in [0.1, 0.15) is 10.8 Å². The quantitative estimate of drug-likeness (QED) is 0.629. The molecule has 3 rings (SSSR count). The van der Waals surface area contributed by atoms with Gasteiger partial charge in [-0.1, -0.05) is 12.1 Å². The van der Waals surface area contributed by atoms with Gasteiger partial charge >= 0.3 is 0 Å². The molecule has 28 heavy (non-hydrogen) atoms. The third kappa shape index (κ3) is 4.96. The molecule has 0 radical (unpaired) electrons. The molecule has 0 fully saturated rings. The molecular weight excluding hydrogens is 376 g/mol. The molecule has 1 atom stereocenters. The second kappa shape index (κ2) is 8.99. The molecule has 8 heteroatoms. The molecule has 0 saturated carbocycles. The lowest BCUT2D eigenvalue weighted by molar-refractivity contribution is -0.135. The summed E-state index contributed by atoms with van der Waals surface area (Å²) in [6.45, 7) is 2.55. The van der Waals surface area contributed by atoms with Gasteiger partial charge in [-0.15, -0.1) is 11.3 Å². The predicted octanol–water partition coefficient (Wildman–Crippen LogP) is 2.66. The Bertz CT molecular complexity index is 905. The van der Waals surface area contributed by atoms with E-state index >= 15 is 0 Å². The Morgan fingerprint density at radius 1 is 1.18 bits per heavy atom. The first-order chi connectivity index (χ1) is 13.4. The van der Waals surface area contributed by atoms with Gasteiger partial charge in [0.05, 0.1) is 42.2 Å². The number of nitrogens with zero attached hydrogens (tertiary/aromatic N) is 3. The number of amides is 2. The molecule has 0 saturated heterocycles. The predicted molar refractivity (Wildman–Crippen MR) is 109 cm³/mol. The van der Waals surface area contributed by atoms with Crippen molar-refractivity contribution >= 4 is 33.4 Å². The Kier molecular flexibility index (Phi) is 6.43. The highest BCUT2D eigenvalue weighted by Crippen LogP contribution is 2.28. The van der Waals surface area contributed by atoms with Crippen molar-refractivity contribution < 1.29 is 14.0 Å². The van der Waals surface area contributed by atoms with E-state index in [1.54, 1.807) is 36.8 Å². The minimum atomic E-state index is -0.228. The summed E-state index contributed by atoms with van der Waals surface area (Å²) in [6.07, 6.45) is 1.56. The van der Waals surface area contributed by atoms with Gasteiger partial charge in [0, 0.05) is 7.05 Å². The standard InChI is InChI=1S/C20H24N4O3S/c1-14(20-22-16-8-4-5-9-17(16)28-20)23(2)13-19(26)24(3)12-18(25)21-11-15-7-6-10-27-15/h4-10,14H,11-13H2,1-3H3,(H,21,25)/t14-/m1/s1. The summed E-state index contributed by atoms with van der Waals surface area (Å²) in [4.78, 5) is 32.6. The van der Waals surface area contributed by atoms with Crippen molar-refractivity contribution in [3.8, 4) is 0 Å². The van der Waals surface area contributed by atoms with Crippen LogP contribution in [0.25, 0.3) is 10.2 Å². The number of benzene rings is 1. The Labute approximate surface area is 168 Å². The summed E-state index contributed by atoms with van der Waals surface area (Å²) in [5.74, 6) is 0.324. The highest BCUT2D eigenvalue weighted by atomic mass is 32.1. The van der Waals surface area contributed by atoms with Crippen molar-refractivity contribution in [3.63, 3.8) is 0 Å². The number of aromatic nitrogens is 1. The molecule has 7 nitrogen and oxygen atoms in total. The number of hydrogen-bond acceptors (Lipinski definition) is 6. The van der Waals surface area contributed by atoms with Crippen molar-refractivity contribution in [3.05, 3.63) is 53.4 Å². The third-order valence-corrected chi connectivity index (χ3v) is 5.77. The van der Waals surface area contributed by atoms with Gasteiger partial charge in [0.25, 0.3) is 0 Å². The summed E-state index contributed by atoms with van der Waals surface area (Å²) in [5.41, 5.74) is 0.972. The van der Waals surface area contributed by atoms with Gasteiger partial charge in [-0.05, 0) is 38.2 Å². The molecular formula is C20H24N4O3S.